The molecule has 0 bridgehead atoms. The molecule has 106 valence electrons. The van der Waals surface area contributed by atoms with Crippen molar-refractivity contribution in [3.8, 4) is 0 Å². The maximum Gasteiger partial charge on any atom is 0.360 e. The first-order chi connectivity index (χ1) is 9.17. The molecule has 0 spiro atoms. The normalized spacial score (nSPS) is 22.6. The van der Waals surface area contributed by atoms with E-state index in [0.29, 0.717) is 18.3 Å². The van der Waals surface area contributed by atoms with Gasteiger partial charge in [-0.15, -0.1) is 0 Å². The Bertz CT molecular complexity index is 444. The number of hydrogen-bond acceptors (Lipinski definition) is 5. The maximum absolute atomic E-state index is 11.6. The number of anilines is 1. The lowest BCUT2D eigenvalue weighted by atomic mass is 10.00. The maximum atomic E-state index is 11.6. The average Bonchev–Trinajstić information content (AvgIpc) is 2.98. The third-order valence-electron chi connectivity index (χ3n) is 3.53. The zero-order chi connectivity index (χ0) is 13.8. The number of rotatable bonds is 5. The first-order valence-corrected chi connectivity index (χ1v) is 6.76. The smallest absolute Gasteiger partial charge is 0.360 e. The number of esters is 1. The molecule has 1 fully saturated rings. The molecular formula is C13H21N3O3. The van der Waals surface area contributed by atoms with Gasteiger partial charge in [0, 0.05) is 19.1 Å². The molecule has 1 aromatic rings. The summed E-state index contributed by atoms with van der Waals surface area (Å²) in [5.41, 5.74) is 6.16. The van der Waals surface area contributed by atoms with Crippen molar-refractivity contribution in [1.82, 2.24) is 9.55 Å². The molecule has 2 heterocycles. The van der Waals surface area contributed by atoms with E-state index in [1.165, 1.54) is 0 Å². The summed E-state index contributed by atoms with van der Waals surface area (Å²) in [6.45, 7) is 5.72. The summed E-state index contributed by atoms with van der Waals surface area (Å²) >= 11 is 0. The van der Waals surface area contributed by atoms with Crippen LogP contribution in [0.25, 0.3) is 0 Å². The summed E-state index contributed by atoms with van der Waals surface area (Å²) in [4.78, 5) is 15.7. The Morgan fingerprint density at radius 2 is 2.42 bits per heavy atom. The lowest BCUT2D eigenvalue weighted by molar-refractivity contribution is 0.0521. The van der Waals surface area contributed by atoms with E-state index in [4.69, 9.17) is 15.2 Å². The predicted octanol–water partition coefficient (Wildman–Crippen LogP) is 1.46. The molecule has 0 aromatic carbocycles. The second-order valence-electron chi connectivity index (χ2n) is 4.72. The van der Waals surface area contributed by atoms with Gasteiger partial charge < -0.3 is 19.8 Å². The Hall–Kier alpha value is -1.56. The van der Waals surface area contributed by atoms with Gasteiger partial charge in [-0.3, -0.25) is 0 Å². The van der Waals surface area contributed by atoms with Gasteiger partial charge in [0.05, 0.1) is 19.0 Å². The monoisotopic (exact) mass is 267 g/mol. The predicted molar refractivity (Wildman–Crippen MR) is 70.7 cm³/mol. The van der Waals surface area contributed by atoms with Gasteiger partial charge in [0.15, 0.2) is 5.69 Å². The minimum atomic E-state index is -0.464. The fourth-order valence-corrected chi connectivity index (χ4v) is 2.50. The first kappa shape index (κ1) is 13.9. The zero-order valence-corrected chi connectivity index (χ0v) is 11.5. The Labute approximate surface area is 112 Å². The van der Waals surface area contributed by atoms with Crippen LogP contribution in [-0.4, -0.2) is 34.8 Å². The summed E-state index contributed by atoms with van der Waals surface area (Å²) in [7, 11) is 0. The van der Waals surface area contributed by atoms with E-state index >= 15 is 0 Å². The number of nitrogen functional groups attached to an aromatic ring is 1. The van der Waals surface area contributed by atoms with E-state index in [2.05, 4.69) is 11.9 Å². The standard InChI is InChI=1S/C13H21N3O3/c1-3-10-9(5-6-19-10)7-16-8-15-11(12(16)14)13(17)18-4-2/h8-10H,3-7,14H2,1-2H3. The first-order valence-electron chi connectivity index (χ1n) is 6.76. The van der Waals surface area contributed by atoms with Crippen molar-refractivity contribution in [3.63, 3.8) is 0 Å². The number of ether oxygens (including phenoxy) is 2. The number of nitrogens with zero attached hydrogens (tertiary/aromatic N) is 2. The third-order valence-corrected chi connectivity index (χ3v) is 3.53. The summed E-state index contributed by atoms with van der Waals surface area (Å²) in [6.07, 6.45) is 3.88. The van der Waals surface area contributed by atoms with E-state index in [1.54, 1.807) is 13.3 Å². The number of nitrogens with two attached hydrogens (primary N) is 1. The van der Waals surface area contributed by atoms with E-state index in [-0.39, 0.29) is 11.8 Å². The lowest BCUT2D eigenvalue weighted by Gasteiger charge is -2.17. The average molecular weight is 267 g/mol. The highest BCUT2D eigenvalue weighted by Gasteiger charge is 2.28. The fraction of sp³-hybridized carbons (Fsp3) is 0.692. The molecule has 2 N–H and O–H groups in total. The SMILES string of the molecule is CCOC(=O)c1ncn(CC2CCOC2CC)c1N. The van der Waals surface area contributed by atoms with Gasteiger partial charge in [0.2, 0.25) is 0 Å². The second-order valence-corrected chi connectivity index (χ2v) is 4.72. The van der Waals surface area contributed by atoms with Gasteiger partial charge in [-0.25, -0.2) is 9.78 Å². The van der Waals surface area contributed by atoms with Crippen molar-refractivity contribution in [2.24, 2.45) is 5.92 Å². The second kappa shape index (κ2) is 6.06. The molecule has 2 unspecified atom stereocenters. The van der Waals surface area contributed by atoms with Crippen LogP contribution in [0.2, 0.25) is 0 Å². The van der Waals surface area contributed by atoms with Gasteiger partial charge >= 0.3 is 5.97 Å². The summed E-state index contributed by atoms with van der Waals surface area (Å²) in [6, 6.07) is 0. The molecule has 0 saturated carbocycles. The van der Waals surface area contributed by atoms with Crippen molar-refractivity contribution in [2.45, 2.75) is 39.3 Å². The molecule has 0 radical (unpaired) electrons. The van der Waals surface area contributed by atoms with Gasteiger partial charge in [0.1, 0.15) is 5.82 Å². The molecule has 1 aliphatic rings. The number of imidazole rings is 1. The molecular weight excluding hydrogens is 246 g/mol. The van der Waals surface area contributed by atoms with Crippen LogP contribution < -0.4 is 5.73 Å². The largest absolute Gasteiger partial charge is 0.461 e. The van der Waals surface area contributed by atoms with Gasteiger partial charge in [-0.1, -0.05) is 6.92 Å². The van der Waals surface area contributed by atoms with E-state index < -0.39 is 5.97 Å². The molecule has 6 nitrogen and oxygen atoms in total. The van der Waals surface area contributed by atoms with Crippen LogP contribution in [0.15, 0.2) is 6.33 Å². The van der Waals surface area contributed by atoms with Gasteiger partial charge in [-0.05, 0) is 19.8 Å². The molecule has 2 atom stereocenters. The van der Waals surface area contributed by atoms with Crippen molar-refractivity contribution in [3.05, 3.63) is 12.0 Å². The van der Waals surface area contributed by atoms with Crippen LogP contribution >= 0.6 is 0 Å². The molecule has 19 heavy (non-hydrogen) atoms. The van der Waals surface area contributed by atoms with Crippen LogP contribution in [0, 0.1) is 5.92 Å². The third kappa shape index (κ3) is 2.89. The molecule has 2 rings (SSSR count). The summed E-state index contributed by atoms with van der Waals surface area (Å²) in [5, 5.41) is 0. The molecule has 1 aliphatic heterocycles. The number of carbonyl (C=O) groups excluding carboxylic acids is 1. The summed E-state index contributed by atoms with van der Waals surface area (Å²) < 4.78 is 12.4. The molecule has 0 aliphatic carbocycles. The quantitative estimate of drug-likeness (QED) is 0.817. The van der Waals surface area contributed by atoms with Crippen LogP contribution in [-0.2, 0) is 16.0 Å². The van der Waals surface area contributed by atoms with Crippen LogP contribution in [0.1, 0.15) is 37.2 Å². The van der Waals surface area contributed by atoms with Crippen LogP contribution in [0.4, 0.5) is 5.82 Å². The van der Waals surface area contributed by atoms with Crippen molar-refractivity contribution in [1.29, 1.82) is 0 Å². The number of hydrogen-bond donors (Lipinski definition) is 1. The van der Waals surface area contributed by atoms with E-state index in [0.717, 1.165) is 26.0 Å². The molecule has 0 amide bonds. The topological polar surface area (TPSA) is 79.4 Å². The highest BCUT2D eigenvalue weighted by atomic mass is 16.5. The van der Waals surface area contributed by atoms with Gasteiger partial charge in [0.25, 0.3) is 0 Å². The van der Waals surface area contributed by atoms with Crippen molar-refractivity contribution < 1.29 is 14.3 Å². The van der Waals surface area contributed by atoms with Crippen molar-refractivity contribution in [2.75, 3.05) is 18.9 Å². The van der Waals surface area contributed by atoms with Crippen molar-refractivity contribution >= 4 is 11.8 Å². The van der Waals surface area contributed by atoms with Crippen LogP contribution in [0.3, 0.4) is 0 Å². The Morgan fingerprint density at radius 1 is 1.63 bits per heavy atom. The zero-order valence-electron chi connectivity index (χ0n) is 11.5. The molecule has 1 aromatic heterocycles. The minimum absolute atomic E-state index is 0.203. The highest BCUT2D eigenvalue weighted by Crippen LogP contribution is 2.26. The Morgan fingerprint density at radius 3 is 3.11 bits per heavy atom. The number of carbonyl (C=O) groups is 1. The van der Waals surface area contributed by atoms with E-state index in [9.17, 15) is 4.79 Å². The fourth-order valence-electron chi connectivity index (χ4n) is 2.50. The van der Waals surface area contributed by atoms with E-state index in [1.807, 2.05) is 4.57 Å². The van der Waals surface area contributed by atoms with Gasteiger partial charge in [-0.2, -0.15) is 0 Å². The lowest BCUT2D eigenvalue weighted by Crippen LogP contribution is -2.21. The highest BCUT2D eigenvalue weighted by molar-refractivity contribution is 5.92. The number of aromatic nitrogens is 2. The van der Waals surface area contributed by atoms with Crippen LogP contribution in [0.5, 0.6) is 0 Å². The Kier molecular flexibility index (Phi) is 4.42. The summed E-state index contributed by atoms with van der Waals surface area (Å²) in [5.74, 6) is 0.338. The molecule has 6 heteroatoms. The minimum Gasteiger partial charge on any atom is -0.461 e. The molecule has 1 saturated heterocycles. The Balaban J connectivity index is 2.07.